The van der Waals surface area contributed by atoms with Gasteiger partial charge in [0.15, 0.2) is 0 Å². The van der Waals surface area contributed by atoms with Gasteiger partial charge in [-0.2, -0.15) is 0 Å². The maximum absolute atomic E-state index is 4.68. The van der Waals surface area contributed by atoms with Crippen LogP contribution in [0.1, 0.15) is 50.2 Å². The Kier molecular flexibility index (Phi) is 4.16. The Morgan fingerprint density at radius 2 is 2.15 bits per heavy atom. The molecule has 0 bridgehead atoms. The molecule has 3 nitrogen and oxygen atoms in total. The van der Waals surface area contributed by atoms with Gasteiger partial charge in [0.05, 0.1) is 10.7 Å². The molecule has 20 heavy (non-hydrogen) atoms. The summed E-state index contributed by atoms with van der Waals surface area (Å²) in [5.41, 5.74) is 1.58. The molecule has 0 aromatic carbocycles. The first-order chi connectivity index (χ1) is 9.66. The van der Waals surface area contributed by atoms with Crippen LogP contribution in [0.5, 0.6) is 0 Å². The Morgan fingerprint density at radius 3 is 2.70 bits per heavy atom. The summed E-state index contributed by atoms with van der Waals surface area (Å²) in [6.07, 6.45) is 5.28. The zero-order chi connectivity index (χ0) is 14.2. The fourth-order valence-corrected chi connectivity index (χ4v) is 4.20. The molecule has 1 saturated carbocycles. The van der Waals surface area contributed by atoms with Crippen LogP contribution < -0.4 is 5.32 Å². The third-order valence-corrected chi connectivity index (χ3v) is 6.13. The van der Waals surface area contributed by atoms with Gasteiger partial charge in [-0.15, -0.1) is 11.3 Å². The molecule has 1 unspecified atom stereocenters. The Labute approximate surface area is 126 Å². The number of nitrogens with one attached hydrogen (secondary N) is 1. The van der Waals surface area contributed by atoms with Gasteiger partial charge in [-0.05, 0) is 38.5 Å². The molecule has 1 aliphatic heterocycles. The maximum Gasteiger partial charge on any atom is 0.0897 e. The molecule has 0 amide bonds. The molecular formula is C16H27N3S. The smallest absolute Gasteiger partial charge is 0.0897 e. The fourth-order valence-electron chi connectivity index (χ4n) is 3.60. The van der Waals surface area contributed by atoms with Crippen molar-refractivity contribution >= 4 is 11.3 Å². The molecule has 2 aliphatic rings. The molecule has 1 atom stereocenters. The highest BCUT2D eigenvalue weighted by atomic mass is 32.1. The highest BCUT2D eigenvalue weighted by molar-refractivity contribution is 7.09. The number of nitrogens with zero attached hydrogens (tertiary/aromatic N) is 2. The van der Waals surface area contributed by atoms with Crippen LogP contribution in [-0.2, 0) is 6.54 Å². The van der Waals surface area contributed by atoms with Gasteiger partial charge in [0.25, 0.3) is 0 Å². The number of aromatic nitrogens is 1. The molecule has 1 aromatic rings. The first-order valence-corrected chi connectivity index (χ1v) is 8.94. The molecule has 3 rings (SSSR count). The molecule has 1 aromatic heterocycles. The minimum atomic E-state index is 0.322. The van der Waals surface area contributed by atoms with Crippen molar-refractivity contribution in [1.82, 2.24) is 15.2 Å². The van der Waals surface area contributed by atoms with Gasteiger partial charge in [0.1, 0.15) is 0 Å². The SMILES string of the molecule is CCC1(CC)CNC(C2CC2)CN1Cc1csc(C)n1. The second-order valence-electron chi connectivity index (χ2n) is 6.49. The lowest BCUT2D eigenvalue weighted by Gasteiger charge is -2.49. The summed E-state index contributed by atoms with van der Waals surface area (Å²) in [4.78, 5) is 7.40. The van der Waals surface area contributed by atoms with Gasteiger partial charge in [0.2, 0.25) is 0 Å². The van der Waals surface area contributed by atoms with E-state index in [-0.39, 0.29) is 0 Å². The minimum absolute atomic E-state index is 0.322. The lowest BCUT2D eigenvalue weighted by molar-refractivity contribution is 0.0194. The monoisotopic (exact) mass is 293 g/mol. The standard InChI is InChI=1S/C16H27N3S/c1-4-16(5-2)11-17-15(13-6-7-13)9-19(16)8-14-10-20-12(3)18-14/h10,13,15,17H,4-9,11H2,1-3H3. The molecule has 0 radical (unpaired) electrons. The van der Waals surface area contributed by atoms with E-state index in [4.69, 9.17) is 0 Å². The second kappa shape index (κ2) is 5.74. The summed E-state index contributed by atoms with van der Waals surface area (Å²) >= 11 is 1.77. The number of rotatable bonds is 5. The van der Waals surface area contributed by atoms with Crippen molar-refractivity contribution in [2.24, 2.45) is 5.92 Å². The average molecular weight is 293 g/mol. The van der Waals surface area contributed by atoms with Crippen molar-refractivity contribution in [2.75, 3.05) is 13.1 Å². The molecule has 1 saturated heterocycles. The predicted molar refractivity (Wildman–Crippen MR) is 85.1 cm³/mol. The summed E-state index contributed by atoms with van der Waals surface area (Å²) in [5.74, 6) is 0.932. The van der Waals surface area contributed by atoms with Crippen LogP contribution >= 0.6 is 11.3 Å². The molecule has 0 spiro atoms. The molecule has 2 heterocycles. The minimum Gasteiger partial charge on any atom is -0.311 e. The van der Waals surface area contributed by atoms with Gasteiger partial charge in [0, 0.05) is 36.6 Å². The molecule has 112 valence electrons. The molecule has 1 N–H and O–H groups in total. The predicted octanol–water partition coefficient (Wildman–Crippen LogP) is 3.19. The molecule has 1 aliphatic carbocycles. The van der Waals surface area contributed by atoms with E-state index < -0.39 is 0 Å². The number of hydrogen-bond donors (Lipinski definition) is 1. The van der Waals surface area contributed by atoms with Crippen molar-refractivity contribution in [1.29, 1.82) is 0 Å². The van der Waals surface area contributed by atoms with Crippen LogP contribution in [0.3, 0.4) is 0 Å². The Balaban J connectivity index is 1.76. The Hall–Kier alpha value is -0.450. The maximum atomic E-state index is 4.68. The van der Waals surface area contributed by atoms with Crippen LogP contribution in [0.4, 0.5) is 0 Å². The normalized spacial score (nSPS) is 26.9. The summed E-state index contributed by atoms with van der Waals surface area (Å²) in [7, 11) is 0. The van der Waals surface area contributed by atoms with E-state index in [1.54, 1.807) is 11.3 Å². The zero-order valence-corrected chi connectivity index (χ0v) is 13.8. The lowest BCUT2D eigenvalue weighted by atomic mass is 9.86. The highest BCUT2D eigenvalue weighted by Gasteiger charge is 2.43. The number of hydrogen-bond acceptors (Lipinski definition) is 4. The zero-order valence-electron chi connectivity index (χ0n) is 13.0. The molecule has 2 fully saturated rings. The van der Waals surface area contributed by atoms with E-state index in [2.05, 4.69) is 41.4 Å². The second-order valence-corrected chi connectivity index (χ2v) is 7.56. The molecule has 4 heteroatoms. The van der Waals surface area contributed by atoms with Gasteiger partial charge in [-0.1, -0.05) is 13.8 Å². The Bertz CT molecular complexity index is 448. The van der Waals surface area contributed by atoms with Crippen molar-refractivity contribution in [2.45, 2.75) is 64.6 Å². The van der Waals surface area contributed by atoms with Crippen LogP contribution in [-0.4, -0.2) is 34.6 Å². The van der Waals surface area contributed by atoms with Crippen LogP contribution in [0.25, 0.3) is 0 Å². The Morgan fingerprint density at radius 1 is 1.40 bits per heavy atom. The van der Waals surface area contributed by atoms with Crippen LogP contribution in [0, 0.1) is 12.8 Å². The number of thiazole rings is 1. The topological polar surface area (TPSA) is 28.2 Å². The number of aryl methyl sites for hydroxylation is 1. The quantitative estimate of drug-likeness (QED) is 0.903. The average Bonchev–Trinajstić information content (AvgIpc) is 3.23. The van der Waals surface area contributed by atoms with Crippen LogP contribution in [0.2, 0.25) is 0 Å². The van der Waals surface area contributed by atoms with Crippen molar-refractivity contribution in [3.63, 3.8) is 0 Å². The van der Waals surface area contributed by atoms with Gasteiger partial charge in [-0.3, -0.25) is 4.90 Å². The number of piperazine rings is 1. The van der Waals surface area contributed by atoms with Gasteiger partial charge < -0.3 is 5.32 Å². The van der Waals surface area contributed by atoms with E-state index in [9.17, 15) is 0 Å². The first-order valence-electron chi connectivity index (χ1n) is 8.06. The van der Waals surface area contributed by atoms with E-state index in [1.807, 2.05) is 0 Å². The van der Waals surface area contributed by atoms with Gasteiger partial charge >= 0.3 is 0 Å². The van der Waals surface area contributed by atoms with Crippen LogP contribution in [0.15, 0.2) is 5.38 Å². The fraction of sp³-hybridized carbons (Fsp3) is 0.812. The summed E-state index contributed by atoms with van der Waals surface area (Å²) in [6.45, 7) is 10.1. The van der Waals surface area contributed by atoms with Crippen molar-refractivity contribution in [3.8, 4) is 0 Å². The summed E-state index contributed by atoms with van der Waals surface area (Å²) in [6, 6.07) is 0.709. The summed E-state index contributed by atoms with van der Waals surface area (Å²) < 4.78 is 0. The largest absolute Gasteiger partial charge is 0.311 e. The van der Waals surface area contributed by atoms with Crippen molar-refractivity contribution in [3.05, 3.63) is 16.1 Å². The highest BCUT2D eigenvalue weighted by Crippen LogP contribution is 2.37. The summed E-state index contributed by atoms with van der Waals surface area (Å²) in [5, 5.41) is 7.26. The molecular weight excluding hydrogens is 266 g/mol. The van der Waals surface area contributed by atoms with E-state index in [0.29, 0.717) is 11.6 Å². The van der Waals surface area contributed by atoms with Gasteiger partial charge in [-0.25, -0.2) is 4.98 Å². The van der Waals surface area contributed by atoms with E-state index >= 15 is 0 Å². The third-order valence-electron chi connectivity index (χ3n) is 5.31. The van der Waals surface area contributed by atoms with E-state index in [0.717, 1.165) is 19.0 Å². The van der Waals surface area contributed by atoms with E-state index in [1.165, 1.54) is 42.9 Å². The van der Waals surface area contributed by atoms with Crippen molar-refractivity contribution < 1.29 is 0 Å². The third kappa shape index (κ3) is 2.78. The lowest BCUT2D eigenvalue weighted by Crippen LogP contribution is -2.64. The first kappa shape index (κ1) is 14.5.